The first-order valence-electron chi connectivity index (χ1n) is 10.4. The first-order chi connectivity index (χ1) is 14.0. The minimum atomic E-state index is -3.89. The maximum Gasteiger partial charge on any atom is 0.475 e. The van der Waals surface area contributed by atoms with Gasteiger partial charge in [-0.1, -0.05) is 0 Å². The Morgan fingerprint density at radius 2 is 0.862 bits per heavy atom. The normalized spacial score (nSPS) is 35.6. The lowest BCUT2D eigenvalue weighted by atomic mass is 10.2. The van der Waals surface area contributed by atoms with Crippen LogP contribution in [0.2, 0.25) is 0 Å². The molecule has 6 atom stereocenters. The molecule has 3 saturated heterocycles. The van der Waals surface area contributed by atoms with E-state index in [9.17, 15) is 19.9 Å². The first-order valence-corrected chi connectivity index (χ1v) is 11.8. The van der Waals surface area contributed by atoms with Crippen molar-refractivity contribution in [3.8, 4) is 0 Å². The van der Waals surface area contributed by atoms with Gasteiger partial charge in [-0.05, 0) is 38.5 Å². The summed E-state index contributed by atoms with van der Waals surface area (Å²) < 4.78 is 46.6. The molecular weight excluding hydrogens is 407 g/mol. The molecule has 3 N–H and O–H groups in total. The van der Waals surface area contributed by atoms with E-state index in [2.05, 4.69) is 0 Å². The summed E-state index contributed by atoms with van der Waals surface area (Å²) in [6, 6.07) is 0. The van der Waals surface area contributed by atoms with E-state index in [-0.39, 0.29) is 76.3 Å². The summed E-state index contributed by atoms with van der Waals surface area (Å²) in [7, 11) is -3.89. The first kappa shape index (κ1) is 23.5. The van der Waals surface area contributed by atoms with E-state index in [4.69, 9.17) is 27.8 Å². The van der Waals surface area contributed by atoms with Gasteiger partial charge in [-0.15, -0.1) is 0 Å². The number of rotatable bonds is 12. The molecule has 3 rings (SSSR count). The summed E-state index contributed by atoms with van der Waals surface area (Å²) in [4.78, 5) is 0. The van der Waals surface area contributed by atoms with E-state index in [1.807, 2.05) is 0 Å². The SMILES string of the molecule is O=P(OC[C@@H]1CC[C@@H](CO)O1)(OC[C@@H]1CC[C@@H](CO)O1)OC[C@@H]1CC[C@@H](CO)O1. The molecule has 3 aliphatic rings. The Morgan fingerprint density at radius 1 is 0.586 bits per heavy atom. The molecule has 0 spiro atoms. The largest absolute Gasteiger partial charge is 0.475 e. The predicted molar refractivity (Wildman–Crippen MR) is 100 cm³/mol. The number of ether oxygens (including phenoxy) is 3. The van der Waals surface area contributed by atoms with Crippen molar-refractivity contribution in [3.05, 3.63) is 0 Å². The van der Waals surface area contributed by atoms with Crippen LogP contribution in [-0.2, 0) is 32.3 Å². The molecule has 11 heteroatoms. The molecule has 0 aromatic rings. The maximum atomic E-state index is 13.2. The highest BCUT2D eigenvalue weighted by Gasteiger charge is 2.36. The zero-order chi connectivity index (χ0) is 20.7. The van der Waals surface area contributed by atoms with Gasteiger partial charge in [0, 0.05) is 0 Å². The van der Waals surface area contributed by atoms with E-state index in [0.717, 1.165) is 0 Å². The highest BCUT2D eigenvalue weighted by molar-refractivity contribution is 7.48. The molecule has 0 unspecified atom stereocenters. The van der Waals surface area contributed by atoms with Crippen LogP contribution in [0.5, 0.6) is 0 Å². The fourth-order valence-electron chi connectivity index (χ4n) is 3.75. The second kappa shape index (κ2) is 11.5. The zero-order valence-electron chi connectivity index (χ0n) is 16.6. The fraction of sp³-hybridized carbons (Fsp3) is 1.00. The molecule has 29 heavy (non-hydrogen) atoms. The minimum absolute atomic E-state index is 0.0311. The number of aliphatic hydroxyl groups is 3. The van der Waals surface area contributed by atoms with Gasteiger partial charge >= 0.3 is 7.82 Å². The number of phosphoric acid groups is 1. The molecule has 0 aromatic heterocycles. The van der Waals surface area contributed by atoms with E-state index in [0.29, 0.717) is 38.5 Å². The fourth-order valence-corrected chi connectivity index (χ4v) is 5.02. The van der Waals surface area contributed by atoms with Crippen LogP contribution in [-0.4, -0.2) is 91.6 Å². The van der Waals surface area contributed by atoms with E-state index in [1.165, 1.54) is 0 Å². The van der Waals surface area contributed by atoms with Crippen molar-refractivity contribution in [2.75, 3.05) is 39.6 Å². The Labute approximate surface area is 171 Å². The average molecular weight is 440 g/mol. The third-order valence-corrected chi connectivity index (χ3v) is 6.85. The van der Waals surface area contributed by atoms with Crippen LogP contribution < -0.4 is 0 Å². The standard InChI is InChI=1S/C18H33O10P/c19-7-13-1-4-16(26-13)10-23-29(22,24-11-17-5-2-14(8-20)27-17)25-12-18-6-3-15(9-21)28-18/h13-21H,1-12H2/t13-,14-,15-,16-,17-,18-/m0/s1. The molecule has 0 saturated carbocycles. The molecule has 0 aliphatic carbocycles. The summed E-state index contributed by atoms with van der Waals surface area (Å²) in [6.07, 6.45) is 2.70. The van der Waals surface area contributed by atoms with Crippen LogP contribution in [0, 0.1) is 0 Å². The molecule has 3 fully saturated rings. The molecule has 170 valence electrons. The van der Waals surface area contributed by atoms with Crippen LogP contribution >= 0.6 is 7.82 Å². The van der Waals surface area contributed by atoms with Crippen LogP contribution in [0.1, 0.15) is 38.5 Å². The van der Waals surface area contributed by atoms with Gasteiger partial charge in [0.1, 0.15) is 0 Å². The van der Waals surface area contributed by atoms with Crippen molar-refractivity contribution in [1.82, 2.24) is 0 Å². The van der Waals surface area contributed by atoms with Gasteiger partial charge in [0.05, 0.1) is 76.3 Å². The van der Waals surface area contributed by atoms with Gasteiger partial charge in [0.2, 0.25) is 0 Å². The van der Waals surface area contributed by atoms with Gasteiger partial charge in [-0.2, -0.15) is 0 Å². The molecular formula is C18H33O10P. The van der Waals surface area contributed by atoms with E-state index < -0.39 is 7.82 Å². The summed E-state index contributed by atoms with van der Waals surface area (Å²) in [5.74, 6) is 0. The molecule has 0 aromatic carbocycles. The van der Waals surface area contributed by atoms with Crippen LogP contribution in [0.15, 0.2) is 0 Å². The van der Waals surface area contributed by atoms with Crippen molar-refractivity contribution in [2.24, 2.45) is 0 Å². The Kier molecular flexibility index (Phi) is 9.31. The highest BCUT2D eigenvalue weighted by Crippen LogP contribution is 2.51. The van der Waals surface area contributed by atoms with Crippen molar-refractivity contribution in [2.45, 2.75) is 75.1 Å². The Balaban J connectivity index is 1.49. The lowest BCUT2D eigenvalue weighted by Crippen LogP contribution is -2.23. The lowest BCUT2D eigenvalue weighted by Gasteiger charge is -2.23. The van der Waals surface area contributed by atoms with Gasteiger partial charge in [0.15, 0.2) is 0 Å². The predicted octanol–water partition coefficient (Wildman–Crippen LogP) is 0.764. The van der Waals surface area contributed by atoms with Gasteiger partial charge < -0.3 is 29.5 Å². The lowest BCUT2D eigenvalue weighted by molar-refractivity contribution is -0.0397. The summed E-state index contributed by atoms with van der Waals surface area (Å²) in [5, 5.41) is 27.5. The minimum Gasteiger partial charge on any atom is -0.394 e. The number of aliphatic hydroxyl groups excluding tert-OH is 3. The molecule has 10 nitrogen and oxygen atoms in total. The smallest absolute Gasteiger partial charge is 0.394 e. The molecule has 0 bridgehead atoms. The third-order valence-electron chi connectivity index (χ3n) is 5.45. The maximum absolute atomic E-state index is 13.2. The summed E-state index contributed by atoms with van der Waals surface area (Å²) in [5.41, 5.74) is 0. The second-order valence-corrected chi connectivity index (χ2v) is 9.42. The summed E-state index contributed by atoms with van der Waals surface area (Å²) in [6.45, 7) is -0.0815. The van der Waals surface area contributed by atoms with Crippen LogP contribution in [0.25, 0.3) is 0 Å². The Bertz CT molecular complexity index is 463. The van der Waals surface area contributed by atoms with Crippen molar-refractivity contribution >= 4 is 7.82 Å². The third kappa shape index (κ3) is 7.21. The molecule has 0 radical (unpaired) electrons. The number of hydrogen-bond acceptors (Lipinski definition) is 10. The van der Waals surface area contributed by atoms with Crippen molar-refractivity contribution in [1.29, 1.82) is 0 Å². The second-order valence-electron chi connectivity index (χ2n) is 7.75. The zero-order valence-corrected chi connectivity index (χ0v) is 17.5. The molecule has 3 heterocycles. The Hall–Kier alpha value is -0.130. The number of phosphoric ester groups is 1. The molecule has 0 amide bonds. The highest BCUT2D eigenvalue weighted by atomic mass is 31.2. The van der Waals surface area contributed by atoms with Crippen LogP contribution in [0.3, 0.4) is 0 Å². The van der Waals surface area contributed by atoms with Gasteiger partial charge in [-0.3, -0.25) is 13.6 Å². The van der Waals surface area contributed by atoms with Gasteiger partial charge in [-0.25, -0.2) is 4.57 Å². The van der Waals surface area contributed by atoms with Crippen molar-refractivity contribution < 1.29 is 47.7 Å². The average Bonchev–Trinajstić information content (AvgIpc) is 3.49. The Morgan fingerprint density at radius 3 is 1.10 bits per heavy atom. The van der Waals surface area contributed by atoms with E-state index in [1.54, 1.807) is 0 Å². The molecule has 3 aliphatic heterocycles. The summed E-state index contributed by atoms with van der Waals surface area (Å²) >= 11 is 0. The topological polar surface area (TPSA) is 133 Å². The monoisotopic (exact) mass is 440 g/mol. The number of hydrogen-bond donors (Lipinski definition) is 3. The van der Waals surface area contributed by atoms with Gasteiger partial charge in [0.25, 0.3) is 0 Å². The van der Waals surface area contributed by atoms with Crippen LogP contribution in [0.4, 0.5) is 0 Å². The quantitative estimate of drug-likeness (QED) is 0.374. The van der Waals surface area contributed by atoms with Crippen molar-refractivity contribution in [3.63, 3.8) is 0 Å². The van der Waals surface area contributed by atoms with E-state index >= 15 is 0 Å².